The summed E-state index contributed by atoms with van der Waals surface area (Å²) in [5, 5.41) is 0. The highest BCUT2D eigenvalue weighted by atomic mass is 16.5. The van der Waals surface area contributed by atoms with Crippen LogP contribution in [0, 0.1) is 5.92 Å². The van der Waals surface area contributed by atoms with Gasteiger partial charge in [0.15, 0.2) is 0 Å². The van der Waals surface area contributed by atoms with Gasteiger partial charge in [-0.15, -0.1) is 0 Å². The van der Waals surface area contributed by atoms with E-state index in [9.17, 15) is 0 Å². The summed E-state index contributed by atoms with van der Waals surface area (Å²) in [5.41, 5.74) is 2.39. The molecule has 0 aliphatic carbocycles. The van der Waals surface area contributed by atoms with Gasteiger partial charge in [-0.3, -0.25) is 0 Å². The van der Waals surface area contributed by atoms with E-state index in [0.717, 1.165) is 50.6 Å². The van der Waals surface area contributed by atoms with Crippen molar-refractivity contribution < 1.29 is 14.2 Å². The fourth-order valence-electron chi connectivity index (χ4n) is 3.64. The standard InChI is InChI=1S/C30H44O3/c1-4-26(3)25-33-30-21-17-28(18-22-30)27-15-19-29(20-16-27)32-24-14-12-10-8-6-7-9-11-13-23-31-5-2/h5,15-22,26H,2,4,6-14,23-25H2,1,3H3/t26-/m0/s1. The Labute approximate surface area is 202 Å². The maximum atomic E-state index is 5.93. The molecule has 0 heterocycles. The van der Waals surface area contributed by atoms with Gasteiger partial charge in [0.2, 0.25) is 0 Å². The Hall–Kier alpha value is -2.42. The Kier molecular flexibility index (Phi) is 13.9. The SMILES string of the molecule is C=COCCCCCCCCCCCOc1ccc(-c2ccc(OC[C@@H](C)CC)cc2)cc1. The van der Waals surface area contributed by atoms with Gasteiger partial charge in [-0.25, -0.2) is 0 Å². The van der Waals surface area contributed by atoms with E-state index in [4.69, 9.17) is 14.2 Å². The van der Waals surface area contributed by atoms with Crippen LogP contribution in [0.3, 0.4) is 0 Å². The van der Waals surface area contributed by atoms with Gasteiger partial charge < -0.3 is 14.2 Å². The van der Waals surface area contributed by atoms with Crippen LogP contribution in [-0.4, -0.2) is 19.8 Å². The topological polar surface area (TPSA) is 27.7 Å². The Morgan fingerprint density at radius 2 is 1.12 bits per heavy atom. The molecule has 0 aromatic heterocycles. The molecule has 3 heteroatoms. The van der Waals surface area contributed by atoms with Crippen molar-refractivity contribution >= 4 is 0 Å². The van der Waals surface area contributed by atoms with Gasteiger partial charge in [0.05, 0.1) is 26.1 Å². The summed E-state index contributed by atoms with van der Waals surface area (Å²) in [7, 11) is 0. The van der Waals surface area contributed by atoms with Crippen molar-refractivity contribution in [1.82, 2.24) is 0 Å². The third-order valence-electron chi connectivity index (χ3n) is 6.07. The lowest BCUT2D eigenvalue weighted by atomic mass is 10.1. The molecule has 0 bridgehead atoms. The average Bonchev–Trinajstić information content (AvgIpc) is 2.86. The molecule has 0 radical (unpaired) electrons. The number of hydrogen-bond donors (Lipinski definition) is 0. The molecular weight excluding hydrogens is 408 g/mol. The van der Waals surface area contributed by atoms with E-state index in [0.29, 0.717) is 5.92 Å². The summed E-state index contributed by atoms with van der Waals surface area (Å²) >= 11 is 0. The minimum atomic E-state index is 0.584. The maximum absolute atomic E-state index is 5.93. The van der Waals surface area contributed by atoms with E-state index in [1.165, 1.54) is 62.3 Å². The van der Waals surface area contributed by atoms with Crippen molar-refractivity contribution in [1.29, 1.82) is 0 Å². The van der Waals surface area contributed by atoms with E-state index >= 15 is 0 Å². The summed E-state index contributed by atoms with van der Waals surface area (Å²) in [5.74, 6) is 2.47. The molecule has 0 spiro atoms. The Bertz CT molecular complexity index is 736. The Balaban J connectivity index is 1.54. The van der Waals surface area contributed by atoms with Crippen molar-refractivity contribution in [3.8, 4) is 22.6 Å². The molecule has 0 saturated carbocycles. The first-order chi connectivity index (χ1) is 16.2. The molecule has 33 heavy (non-hydrogen) atoms. The van der Waals surface area contributed by atoms with Crippen LogP contribution in [0.15, 0.2) is 61.4 Å². The van der Waals surface area contributed by atoms with Gasteiger partial charge >= 0.3 is 0 Å². The second-order valence-electron chi connectivity index (χ2n) is 8.94. The summed E-state index contributed by atoms with van der Waals surface area (Å²) in [6.45, 7) is 10.3. The van der Waals surface area contributed by atoms with Crippen molar-refractivity contribution in [2.45, 2.75) is 78.1 Å². The molecule has 0 N–H and O–H groups in total. The van der Waals surface area contributed by atoms with Crippen LogP contribution >= 0.6 is 0 Å². The molecular formula is C30H44O3. The van der Waals surface area contributed by atoms with Crippen LogP contribution < -0.4 is 9.47 Å². The van der Waals surface area contributed by atoms with Crippen molar-refractivity contribution in [3.63, 3.8) is 0 Å². The molecule has 182 valence electrons. The minimum absolute atomic E-state index is 0.584. The summed E-state index contributed by atoms with van der Waals surface area (Å²) in [6, 6.07) is 16.8. The molecule has 1 atom stereocenters. The lowest BCUT2D eigenvalue weighted by molar-refractivity contribution is 0.241. The molecule has 2 aromatic carbocycles. The van der Waals surface area contributed by atoms with Crippen molar-refractivity contribution in [2.24, 2.45) is 5.92 Å². The largest absolute Gasteiger partial charge is 0.502 e. The predicted octanol–water partition coefficient (Wildman–Crippen LogP) is 8.83. The van der Waals surface area contributed by atoms with Crippen LogP contribution in [0.25, 0.3) is 11.1 Å². The smallest absolute Gasteiger partial charge is 0.119 e. The van der Waals surface area contributed by atoms with Crippen LogP contribution in [0.1, 0.15) is 78.1 Å². The molecule has 0 aliphatic rings. The molecule has 2 rings (SSSR count). The highest BCUT2D eigenvalue weighted by molar-refractivity contribution is 5.64. The third-order valence-corrected chi connectivity index (χ3v) is 6.07. The lowest BCUT2D eigenvalue weighted by Gasteiger charge is -2.11. The lowest BCUT2D eigenvalue weighted by Crippen LogP contribution is -2.06. The van der Waals surface area contributed by atoms with Gasteiger partial charge in [0.1, 0.15) is 11.5 Å². The van der Waals surface area contributed by atoms with E-state index in [-0.39, 0.29) is 0 Å². The second-order valence-corrected chi connectivity index (χ2v) is 8.94. The number of rotatable bonds is 19. The van der Waals surface area contributed by atoms with Gasteiger partial charge in [-0.2, -0.15) is 0 Å². The fourth-order valence-corrected chi connectivity index (χ4v) is 3.64. The highest BCUT2D eigenvalue weighted by Crippen LogP contribution is 2.25. The number of ether oxygens (including phenoxy) is 3. The molecule has 3 nitrogen and oxygen atoms in total. The quantitative estimate of drug-likeness (QED) is 0.157. The number of unbranched alkanes of at least 4 members (excludes halogenated alkanes) is 8. The first-order valence-corrected chi connectivity index (χ1v) is 12.9. The van der Waals surface area contributed by atoms with Crippen molar-refractivity contribution in [3.05, 3.63) is 61.4 Å². The molecule has 0 fully saturated rings. The monoisotopic (exact) mass is 452 g/mol. The first kappa shape index (κ1) is 26.8. The normalized spacial score (nSPS) is 11.7. The van der Waals surface area contributed by atoms with Crippen molar-refractivity contribution in [2.75, 3.05) is 19.8 Å². The summed E-state index contributed by atoms with van der Waals surface area (Å²) in [4.78, 5) is 0. The summed E-state index contributed by atoms with van der Waals surface area (Å²) < 4.78 is 16.9. The van der Waals surface area contributed by atoms with Gasteiger partial charge in [0, 0.05) is 0 Å². The third kappa shape index (κ3) is 11.8. The molecule has 0 unspecified atom stereocenters. The van der Waals surface area contributed by atoms with Gasteiger partial charge in [-0.05, 0) is 54.2 Å². The Morgan fingerprint density at radius 3 is 1.61 bits per heavy atom. The zero-order valence-electron chi connectivity index (χ0n) is 20.9. The average molecular weight is 453 g/mol. The molecule has 0 aliphatic heterocycles. The van der Waals surface area contributed by atoms with E-state index in [1.54, 1.807) is 0 Å². The number of hydrogen-bond acceptors (Lipinski definition) is 3. The minimum Gasteiger partial charge on any atom is -0.502 e. The second kappa shape index (κ2) is 17.1. The predicted molar refractivity (Wildman–Crippen MR) is 140 cm³/mol. The zero-order chi connectivity index (χ0) is 23.6. The molecule has 0 amide bonds. The van der Waals surface area contributed by atoms with E-state index in [2.05, 4.69) is 69.0 Å². The molecule has 2 aromatic rings. The Morgan fingerprint density at radius 1 is 0.667 bits per heavy atom. The van der Waals surface area contributed by atoms with Crippen LogP contribution in [0.5, 0.6) is 11.5 Å². The number of benzene rings is 2. The maximum Gasteiger partial charge on any atom is 0.119 e. The van der Waals surface area contributed by atoms with E-state index < -0.39 is 0 Å². The van der Waals surface area contributed by atoms with Crippen LogP contribution in [0.4, 0.5) is 0 Å². The van der Waals surface area contributed by atoms with Crippen LogP contribution in [-0.2, 0) is 4.74 Å². The fraction of sp³-hybridized carbons (Fsp3) is 0.533. The van der Waals surface area contributed by atoms with Crippen LogP contribution in [0.2, 0.25) is 0 Å². The highest BCUT2D eigenvalue weighted by Gasteiger charge is 2.03. The van der Waals surface area contributed by atoms with E-state index in [1.807, 2.05) is 0 Å². The first-order valence-electron chi connectivity index (χ1n) is 12.9. The molecule has 0 saturated heterocycles. The van der Waals surface area contributed by atoms with Gasteiger partial charge in [0.25, 0.3) is 0 Å². The zero-order valence-corrected chi connectivity index (χ0v) is 20.9. The van der Waals surface area contributed by atoms with Gasteiger partial charge in [-0.1, -0.05) is 96.1 Å². The summed E-state index contributed by atoms with van der Waals surface area (Å²) in [6.07, 6.45) is 14.1.